The first-order chi connectivity index (χ1) is 7.16. The first-order valence-corrected chi connectivity index (χ1v) is 5.34. The van der Waals surface area contributed by atoms with Crippen molar-refractivity contribution in [1.29, 1.82) is 0 Å². The molecule has 2 rings (SSSR count). The van der Waals surface area contributed by atoms with Gasteiger partial charge in [-0.25, -0.2) is 4.39 Å². The van der Waals surface area contributed by atoms with E-state index in [2.05, 4.69) is 0 Å². The molecule has 0 aliphatic heterocycles. The van der Waals surface area contributed by atoms with Crippen LogP contribution in [0, 0.1) is 11.7 Å². The highest BCUT2D eigenvalue weighted by atomic mass is 19.1. The second kappa shape index (κ2) is 4.19. The van der Waals surface area contributed by atoms with Gasteiger partial charge in [-0.2, -0.15) is 0 Å². The van der Waals surface area contributed by atoms with Gasteiger partial charge in [0.25, 0.3) is 0 Å². The standard InChI is InChI=1S/C12H16FNO/c1-8(14)11-5-4-10(13)6-12(11)15-7-9-2-3-9/h4-6,8-9H,2-3,7,14H2,1H3/t8-/m0/s1. The minimum absolute atomic E-state index is 0.125. The highest BCUT2D eigenvalue weighted by Gasteiger charge is 2.22. The zero-order valence-corrected chi connectivity index (χ0v) is 8.87. The minimum atomic E-state index is -0.273. The average molecular weight is 209 g/mol. The molecule has 0 bridgehead atoms. The topological polar surface area (TPSA) is 35.2 Å². The summed E-state index contributed by atoms with van der Waals surface area (Å²) in [6.07, 6.45) is 2.45. The second-order valence-corrected chi connectivity index (χ2v) is 4.23. The van der Waals surface area contributed by atoms with Crippen LogP contribution in [0.4, 0.5) is 4.39 Å². The lowest BCUT2D eigenvalue weighted by Crippen LogP contribution is -2.09. The van der Waals surface area contributed by atoms with Crippen molar-refractivity contribution in [2.24, 2.45) is 11.7 Å². The van der Waals surface area contributed by atoms with Gasteiger partial charge in [0.2, 0.25) is 0 Å². The Morgan fingerprint density at radius 1 is 1.53 bits per heavy atom. The van der Waals surface area contributed by atoms with E-state index in [1.165, 1.54) is 25.0 Å². The first kappa shape index (κ1) is 10.4. The van der Waals surface area contributed by atoms with Crippen LogP contribution >= 0.6 is 0 Å². The van der Waals surface area contributed by atoms with Gasteiger partial charge in [-0.05, 0) is 31.7 Å². The highest BCUT2D eigenvalue weighted by Crippen LogP contribution is 2.31. The van der Waals surface area contributed by atoms with Crippen molar-refractivity contribution >= 4 is 0 Å². The maximum atomic E-state index is 13.0. The number of ether oxygens (including phenoxy) is 1. The van der Waals surface area contributed by atoms with Crippen LogP contribution in [-0.2, 0) is 0 Å². The summed E-state index contributed by atoms with van der Waals surface area (Å²) in [5.74, 6) is 0.983. The Morgan fingerprint density at radius 2 is 2.27 bits per heavy atom. The van der Waals surface area contributed by atoms with Gasteiger partial charge in [0.1, 0.15) is 11.6 Å². The van der Waals surface area contributed by atoms with E-state index in [1.807, 2.05) is 6.92 Å². The Bertz CT molecular complexity index is 347. The van der Waals surface area contributed by atoms with Gasteiger partial charge in [-0.3, -0.25) is 0 Å². The third-order valence-electron chi connectivity index (χ3n) is 2.64. The van der Waals surface area contributed by atoms with Crippen LogP contribution in [0.25, 0.3) is 0 Å². The fourth-order valence-electron chi connectivity index (χ4n) is 1.50. The van der Waals surface area contributed by atoms with Crippen molar-refractivity contribution in [3.8, 4) is 5.75 Å². The zero-order valence-electron chi connectivity index (χ0n) is 8.87. The molecular formula is C12H16FNO. The van der Waals surface area contributed by atoms with Crippen LogP contribution in [0.1, 0.15) is 31.4 Å². The molecule has 2 nitrogen and oxygen atoms in total. The summed E-state index contributed by atoms with van der Waals surface area (Å²) in [4.78, 5) is 0. The Labute approximate surface area is 89.2 Å². The molecule has 3 heteroatoms. The normalized spacial score (nSPS) is 17.5. The molecule has 0 spiro atoms. The van der Waals surface area contributed by atoms with Crippen LogP contribution in [0.2, 0.25) is 0 Å². The number of nitrogens with two attached hydrogens (primary N) is 1. The smallest absolute Gasteiger partial charge is 0.126 e. The summed E-state index contributed by atoms with van der Waals surface area (Å²) in [6, 6.07) is 4.41. The third-order valence-corrected chi connectivity index (χ3v) is 2.64. The molecule has 0 heterocycles. The van der Waals surface area contributed by atoms with Gasteiger partial charge in [-0.15, -0.1) is 0 Å². The molecule has 0 saturated heterocycles. The molecule has 0 radical (unpaired) electrons. The van der Waals surface area contributed by atoms with Crippen LogP contribution in [0.3, 0.4) is 0 Å². The average Bonchev–Trinajstić information content (AvgIpc) is 2.97. The lowest BCUT2D eigenvalue weighted by molar-refractivity contribution is 0.294. The van der Waals surface area contributed by atoms with E-state index in [9.17, 15) is 4.39 Å². The Morgan fingerprint density at radius 3 is 2.87 bits per heavy atom. The van der Waals surface area contributed by atoms with Gasteiger partial charge in [0.05, 0.1) is 6.61 Å². The van der Waals surface area contributed by atoms with E-state index in [4.69, 9.17) is 10.5 Å². The molecule has 82 valence electrons. The van der Waals surface area contributed by atoms with E-state index < -0.39 is 0 Å². The fourth-order valence-corrected chi connectivity index (χ4v) is 1.50. The molecule has 0 aromatic heterocycles. The lowest BCUT2D eigenvalue weighted by Gasteiger charge is -2.13. The van der Waals surface area contributed by atoms with Crippen molar-refractivity contribution < 1.29 is 9.13 Å². The van der Waals surface area contributed by atoms with Gasteiger partial charge < -0.3 is 10.5 Å². The molecule has 15 heavy (non-hydrogen) atoms. The molecule has 0 amide bonds. The summed E-state index contributed by atoms with van der Waals surface area (Å²) in [5.41, 5.74) is 6.66. The number of benzene rings is 1. The van der Waals surface area contributed by atoms with E-state index in [0.29, 0.717) is 18.3 Å². The van der Waals surface area contributed by atoms with Gasteiger partial charge in [-0.1, -0.05) is 6.07 Å². The molecule has 1 fully saturated rings. The number of hydrogen-bond donors (Lipinski definition) is 1. The van der Waals surface area contributed by atoms with Crippen LogP contribution in [0.15, 0.2) is 18.2 Å². The fraction of sp³-hybridized carbons (Fsp3) is 0.500. The molecule has 1 aliphatic carbocycles. The molecule has 0 unspecified atom stereocenters. The van der Waals surface area contributed by atoms with Crippen molar-refractivity contribution in [3.05, 3.63) is 29.6 Å². The summed E-state index contributed by atoms with van der Waals surface area (Å²) >= 11 is 0. The van der Waals surface area contributed by atoms with Crippen molar-refractivity contribution in [2.45, 2.75) is 25.8 Å². The second-order valence-electron chi connectivity index (χ2n) is 4.23. The SMILES string of the molecule is C[C@H](N)c1ccc(F)cc1OCC1CC1. The van der Waals surface area contributed by atoms with E-state index in [-0.39, 0.29) is 11.9 Å². The summed E-state index contributed by atoms with van der Waals surface area (Å²) in [7, 11) is 0. The minimum Gasteiger partial charge on any atom is -0.493 e. The molecule has 1 atom stereocenters. The molecule has 1 saturated carbocycles. The monoisotopic (exact) mass is 209 g/mol. The van der Waals surface area contributed by atoms with Crippen LogP contribution in [0.5, 0.6) is 5.75 Å². The van der Waals surface area contributed by atoms with E-state index in [0.717, 1.165) is 5.56 Å². The van der Waals surface area contributed by atoms with Crippen LogP contribution in [-0.4, -0.2) is 6.61 Å². The molecule has 2 N–H and O–H groups in total. The van der Waals surface area contributed by atoms with E-state index >= 15 is 0 Å². The largest absolute Gasteiger partial charge is 0.493 e. The van der Waals surface area contributed by atoms with Gasteiger partial charge in [0, 0.05) is 17.7 Å². The number of halogens is 1. The third kappa shape index (κ3) is 2.69. The summed E-state index contributed by atoms with van der Waals surface area (Å²) in [5, 5.41) is 0. The maximum absolute atomic E-state index is 13.0. The molecule has 1 aliphatic rings. The number of hydrogen-bond acceptors (Lipinski definition) is 2. The van der Waals surface area contributed by atoms with Gasteiger partial charge >= 0.3 is 0 Å². The lowest BCUT2D eigenvalue weighted by atomic mass is 10.1. The highest BCUT2D eigenvalue weighted by molar-refractivity contribution is 5.36. The molecular weight excluding hydrogens is 193 g/mol. The van der Waals surface area contributed by atoms with E-state index in [1.54, 1.807) is 6.07 Å². The molecule has 1 aromatic rings. The predicted molar refractivity (Wildman–Crippen MR) is 57.2 cm³/mol. The molecule has 1 aromatic carbocycles. The van der Waals surface area contributed by atoms with Crippen molar-refractivity contribution in [2.75, 3.05) is 6.61 Å². The van der Waals surface area contributed by atoms with Crippen LogP contribution < -0.4 is 10.5 Å². The summed E-state index contributed by atoms with van der Waals surface area (Å²) < 4.78 is 18.6. The Hall–Kier alpha value is -1.09. The zero-order chi connectivity index (χ0) is 10.8. The Kier molecular flexibility index (Phi) is 2.91. The maximum Gasteiger partial charge on any atom is 0.126 e. The number of rotatable bonds is 4. The van der Waals surface area contributed by atoms with Crippen molar-refractivity contribution in [3.63, 3.8) is 0 Å². The summed E-state index contributed by atoms with van der Waals surface area (Å²) in [6.45, 7) is 2.56. The van der Waals surface area contributed by atoms with Crippen molar-refractivity contribution in [1.82, 2.24) is 0 Å². The van der Waals surface area contributed by atoms with Gasteiger partial charge in [0.15, 0.2) is 0 Å². The quantitative estimate of drug-likeness (QED) is 0.827. The first-order valence-electron chi connectivity index (χ1n) is 5.34. The predicted octanol–water partition coefficient (Wildman–Crippen LogP) is 2.63. The Balaban J connectivity index is 2.13.